The van der Waals surface area contributed by atoms with Gasteiger partial charge in [-0.3, -0.25) is 4.79 Å². The van der Waals surface area contributed by atoms with Gasteiger partial charge >= 0.3 is 0 Å². The van der Waals surface area contributed by atoms with E-state index >= 15 is 0 Å². The monoisotopic (exact) mass is 406 g/mol. The van der Waals surface area contributed by atoms with Gasteiger partial charge in [0.25, 0.3) is 10.0 Å². The number of amides is 1. The predicted octanol–water partition coefficient (Wildman–Crippen LogP) is 2.36. The molecule has 1 aromatic carbocycles. The molecule has 1 heterocycles. The number of carbonyl (C=O) groups is 1. The van der Waals surface area contributed by atoms with Gasteiger partial charge in [-0.2, -0.15) is 11.8 Å². The maximum Gasteiger partial charge on any atom is 0.269 e. The highest BCUT2D eigenvalue weighted by atomic mass is 35.5. The second kappa shape index (κ2) is 8.77. The van der Waals surface area contributed by atoms with Crippen molar-refractivity contribution in [3.05, 3.63) is 34.9 Å². The lowest BCUT2D eigenvalue weighted by Gasteiger charge is -2.04. The van der Waals surface area contributed by atoms with Crippen molar-refractivity contribution in [2.75, 3.05) is 17.6 Å². The molecule has 0 aliphatic heterocycles. The molecule has 130 valence electrons. The number of thioether (sulfide) groups is 1. The molecule has 0 radical (unpaired) electrons. The normalized spacial score (nSPS) is 11.4. The molecular formula is C13H15ClN4O3S3. The van der Waals surface area contributed by atoms with Gasteiger partial charge in [0.1, 0.15) is 0 Å². The molecule has 0 fully saturated rings. The second-order valence-corrected chi connectivity index (χ2v) is 9.09. The van der Waals surface area contributed by atoms with Crippen molar-refractivity contribution in [2.24, 2.45) is 0 Å². The van der Waals surface area contributed by atoms with E-state index in [1.807, 2.05) is 24.3 Å². The molecule has 2 rings (SSSR count). The minimum absolute atomic E-state index is 0.153. The summed E-state index contributed by atoms with van der Waals surface area (Å²) in [5.74, 6) is 1.05. The number of sulfonamides is 1. The quantitative estimate of drug-likeness (QED) is 0.515. The zero-order chi connectivity index (χ0) is 17.6. The van der Waals surface area contributed by atoms with Crippen molar-refractivity contribution in [1.29, 1.82) is 0 Å². The molecule has 0 spiro atoms. The van der Waals surface area contributed by atoms with E-state index in [4.69, 9.17) is 11.6 Å². The maximum atomic E-state index is 12.1. The topological polar surface area (TPSA) is 101 Å². The summed E-state index contributed by atoms with van der Waals surface area (Å²) in [5.41, 5.74) is 1.12. The minimum atomic E-state index is -3.71. The van der Waals surface area contributed by atoms with E-state index in [0.29, 0.717) is 10.8 Å². The molecule has 0 atom stereocenters. The molecule has 0 aliphatic rings. The van der Waals surface area contributed by atoms with E-state index in [0.717, 1.165) is 22.7 Å². The van der Waals surface area contributed by atoms with Gasteiger partial charge in [0.15, 0.2) is 0 Å². The third-order valence-electron chi connectivity index (χ3n) is 2.64. The number of anilines is 1. The van der Waals surface area contributed by atoms with Crippen LogP contribution in [0, 0.1) is 0 Å². The molecule has 0 saturated carbocycles. The molecule has 2 N–H and O–H groups in total. The summed E-state index contributed by atoms with van der Waals surface area (Å²) >= 11 is 8.22. The van der Waals surface area contributed by atoms with Crippen molar-refractivity contribution in [3.8, 4) is 0 Å². The van der Waals surface area contributed by atoms with Crippen LogP contribution in [0.4, 0.5) is 5.13 Å². The third-order valence-corrected chi connectivity index (χ3v) is 6.59. The maximum absolute atomic E-state index is 12.1. The van der Waals surface area contributed by atoms with Crippen LogP contribution in [0.25, 0.3) is 0 Å². The number of carbonyl (C=O) groups excluding carboxylic acids is 1. The molecule has 0 saturated heterocycles. The lowest BCUT2D eigenvalue weighted by molar-refractivity contribution is -0.114. The van der Waals surface area contributed by atoms with Crippen LogP contribution in [-0.2, 0) is 20.6 Å². The van der Waals surface area contributed by atoms with Crippen LogP contribution >= 0.6 is 34.7 Å². The van der Waals surface area contributed by atoms with Gasteiger partial charge in [-0.05, 0) is 17.7 Å². The molecule has 1 amide bonds. The van der Waals surface area contributed by atoms with Gasteiger partial charge in [0, 0.05) is 30.0 Å². The fraction of sp³-hybridized carbons (Fsp3) is 0.308. The summed E-state index contributed by atoms with van der Waals surface area (Å²) in [6.07, 6.45) is 0. The van der Waals surface area contributed by atoms with Gasteiger partial charge in [-0.15, -0.1) is 10.2 Å². The van der Waals surface area contributed by atoms with E-state index in [9.17, 15) is 13.2 Å². The molecule has 7 nitrogen and oxygen atoms in total. The van der Waals surface area contributed by atoms with Crippen molar-refractivity contribution in [3.63, 3.8) is 0 Å². The Labute approximate surface area is 153 Å². The number of nitrogens with one attached hydrogen (secondary N) is 2. The van der Waals surface area contributed by atoms with E-state index in [2.05, 4.69) is 20.2 Å². The Kier molecular flexibility index (Phi) is 6.99. The van der Waals surface area contributed by atoms with Gasteiger partial charge in [0.2, 0.25) is 15.4 Å². The molecular weight excluding hydrogens is 392 g/mol. The number of halogens is 1. The zero-order valence-electron chi connectivity index (χ0n) is 12.7. The first-order valence-electron chi connectivity index (χ1n) is 6.80. The van der Waals surface area contributed by atoms with Gasteiger partial charge in [0.05, 0.1) is 0 Å². The summed E-state index contributed by atoms with van der Waals surface area (Å²) in [6, 6.07) is 7.51. The Bertz CT molecular complexity index is 793. The smallest absolute Gasteiger partial charge is 0.269 e. The van der Waals surface area contributed by atoms with Crippen LogP contribution in [0.5, 0.6) is 0 Å². The van der Waals surface area contributed by atoms with Gasteiger partial charge in [-0.25, -0.2) is 13.1 Å². The Hall–Kier alpha value is -1.20. The molecule has 0 unspecified atom stereocenters. The molecule has 0 bridgehead atoms. The Morgan fingerprint density at radius 2 is 2.00 bits per heavy atom. The summed E-state index contributed by atoms with van der Waals surface area (Å²) in [4.78, 5) is 10.9. The Morgan fingerprint density at radius 3 is 2.67 bits per heavy atom. The molecule has 24 heavy (non-hydrogen) atoms. The SMILES string of the molecule is CC(=O)Nc1nnc(S(=O)(=O)NCCSCc2ccc(Cl)cc2)s1. The fourth-order valence-electron chi connectivity index (χ4n) is 1.60. The van der Waals surface area contributed by atoms with Crippen LogP contribution < -0.4 is 10.0 Å². The lowest BCUT2D eigenvalue weighted by Crippen LogP contribution is -2.26. The van der Waals surface area contributed by atoms with E-state index in [1.165, 1.54) is 6.92 Å². The lowest BCUT2D eigenvalue weighted by atomic mass is 10.2. The number of hydrogen-bond acceptors (Lipinski definition) is 7. The number of rotatable bonds is 8. The summed E-state index contributed by atoms with van der Waals surface area (Å²) < 4.78 is 26.4. The van der Waals surface area contributed by atoms with E-state index < -0.39 is 10.0 Å². The van der Waals surface area contributed by atoms with Crippen molar-refractivity contribution >= 4 is 55.8 Å². The zero-order valence-corrected chi connectivity index (χ0v) is 15.9. The first-order chi connectivity index (χ1) is 11.4. The van der Waals surface area contributed by atoms with Crippen molar-refractivity contribution < 1.29 is 13.2 Å². The number of aromatic nitrogens is 2. The first-order valence-corrected chi connectivity index (χ1v) is 10.6. The number of benzene rings is 1. The molecule has 2 aromatic rings. The van der Waals surface area contributed by atoms with Crippen LogP contribution in [-0.4, -0.2) is 36.8 Å². The highest BCUT2D eigenvalue weighted by molar-refractivity contribution is 7.98. The third kappa shape index (κ3) is 6.02. The van der Waals surface area contributed by atoms with E-state index in [1.54, 1.807) is 11.8 Å². The largest absolute Gasteiger partial charge is 0.301 e. The Balaban J connectivity index is 1.77. The summed E-state index contributed by atoms with van der Waals surface area (Å²) in [7, 11) is -3.71. The van der Waals surface area contributed by atoms with Crippen LogP contribution in [0.1, 0.15) is 12.5 Å². The van der Waals surface area contributed by atoms with Crippen LogP contribution in [0.15, 0.2) is 28.6 Å². The predicted molar refractivity (Wildman–Crippen MR) is 97.0 cm³/mol. The average molecular weight is 407 g/mol. The van der Waals surface area contributed by atoms with Crippen LogP contribution in [0.2, 0.25) is 5.02 Å². The molecule has 1 aromatic heterocycles. The van der Waals surface area contributed by atoms with Gasteiger partial charge < -0.3 is 5.32 Å². The second-order valence-electron chi connectivity index (χ2n) is 4.63. The average Bonchev–Trinajstić information content (AvgIpc) is 2.97. The Morgan fingerprint density at radius 1 is 1.29 bits per heavy atom. The van der Waals surface area contributed by atoms with E-state index in [-0.39, 0.29) is 21.9 Å². The van der Waals surface area contributed by atoms with Crippen LogP contribution in [0.3, 0.4) is 0 Å². The van der Waals surface area contributed by atoms with Crippen molar-refractivity contribution in [2.45, 2.75) is 17.0 Å². The first kappa shape index (κ1) is 19.1. The summed E-state index contributed by atoms with van der Waals surface area (Å²) in [6.45, 7) is 1.58. The minimum Gasteiger partial charge on any atom is -0.301 e. The fourth-order valence-corrected chi connectivity index (χ4v) is 4.69. The standard InChI is InChI=1S/C13H15ClN4O3S3/c1-9(19)16-12-17-18-13(23-12)24(20,21)15-6-7-22-8-10-2-4-11(14)5-3-10/h2-5,15H,6-8H2,1H3,(H,16,17,19). The highest BCUT2D eigenvalue weighted by Gasteiger charge is 2.19. The van der Waals surface area contributed by atoms with Crippen molar-refractivity contribution in [1.82, 2.24) is 14.9 Å². The number of hydrogen-bond donors (Lipinski definition) is 2. The summed E-state index contributed by atoms with van der Waals surface area (Å²) in [5, 5.41) is 10.4. The molecule has 0 aliphatic carbocycles. The number of nitrogens with zero attached hydrogens (tertiary/aromatic N) is 2. The highest BCUT2D eigenvalue weighted by Crippen LogP contribution is 2.20. The molecule has 11 heteroatoms. The van der Waals surface area contributed by atoms with Gasteiger partial charge in [-0.1, -0.05) is 35.1 Å².